The predicted molar refractivity (Wildman–Crippen MR) is 126 cm³/mol. The molecule has 7 heteroatoms. The summed E-state index contributed by atoms with van der Waals surface area (Å²) in [5, 5.41) is 0. The average Bonchev–Trinajstić information content (AvgIpc) is 3.14. The van der Waals surface area contributed by atoms with Crippen molar-refractivity contribution < 1.29 is 17.9 Å². The summed E-state index contributed by atoms with van der Waals surface area (Å²) in [6.45, 7) is 3.85. The first kappa shape index (κ1) is 21.9. The molecule has 3 aromatic rings. The van der Waals surface area contributed by atoms with Crippen LogP contribution < -0.4 is 13.9 Å². The Bertz CT molecular complexity index is 1210. The lowest BCUT2D eigenvalue weighted by atomic mass is 10.1. The van der Waals surface area contributed by atoms with Crippen LogP contribution in [0.15, 0.2) is 83.8 Å². The fourth-order valence-electron chi connectivity index (χ4n) is 4.10. The molecule has 0 spiro atoms. The van der Waals surface area contributed by atoms with Gasteiger partial charge in [-0.05, 0) is 56.2 Å². The molecule has 3 aromatic carbocycles. The number of sulfonamides is 1. The Morgan fingerprint density at radius 3 is 2.41 bits per heavy atom. The van der Waals surface area contributed by atoms with Crippen molar-refractivity contribution in [1.29, 1.82) is 0 Å². The average molecular weight is 451 g/mol. The number of hydrogen-bond donors (Lipinski definition) is 0. The van der Waals surface area contributed by atoms with Gasteiger partial charge in [-0.3, -0.25) is 9.10 Å². The smallest absolute Gasteiger partial charge is 0.264 e. The third kappa shape index (κ3) is 4.08. The Balaban J connectivity index is 1.77. The van der Waals surface area contributed by atoms with Gasteiger partial charge in [-0.25, -0.2) is 8.42 Å². The second-order valence-corrected chi connectivity index (χ2v) is 9.53. The summed E-state index contributed by atoms with van der Waals surface area (Å²) in [5.74, 6) is 0.130. The van der Waals surface area contributed by atoms with Crippen molar-refractivity contribution >= 4 is 27.3 Å². The van der Waals surface area contributed by atoms with Gasteiger partial charge < -0.3 is 9.64 Å². The maximum atomic E-state index is 13.7. The number of carbonyl (C=O) groups is 1. The van der Waals surface area contributed by atoms with E-state index in [2.05, 4.69) is 0 Å². The second kappa shape index (κ2) is 9.04. The van der Waals surface area contributed by atoms with Crippen molar-refractivity contribution in [2.75, 3.05) is 22.4 Å². The van der Waals surface area contributed by atoms with E-state index in [0.29, 0.717) is 18.0 Å². The molecule has 6 nitrogen and oxygen atoms in total. The molecule has 0 bridgehead atoms. The van der Waals surface area contributed by atoms with E-state index in [1.54, 1.807) is 47.4 Å². The Hall–Kier alpha value is -3.32. The summed E-state index contributed by atoms with van der Waals surface area (Å²) < 4.78 is 34.2. The summed E-state index contributed by atoms with van der Waals surface area (Å²) in [7, 11) is -4.01. The molecule has 0 radical (unpaired) electrons. The molecule has 0 fully saturated rings. The van der Waals surface area contributed by atoms with Crippen molar-refractivity contribution in [1.82, 2.24) is 0 Å². The molecule has 0 saturated heterocycles. The molecule has 0 saturated carbocycles. The summed E-state index contributed by atoms with van der Waals surface area (Å²) in [5.41, 5.74) is 2.26. The molecule has 1 aliphatic rings. The van der Waals surface area contributed by atoms with Gasteiger partial charge in [0.1, 0.15) is 12.3 Å². The van der Waals surface area contributed by atoms with Crippen LogP contribution in [0, 0.1) is 0 Å². The van der Waals surface area contributed by atoms with Crippen LogP contribution in [0.4, 0.5) is 11.4 Å². The number of rotatable bonds is 7. The minimum Gasteiger partial charge on any atom is -0.492 e. The maximum Gasteiger partial charge on any atom is 0.264 e. The molecule has 1 aliphatic heterocycles. The summed E-state index contributed by atoms with van der Waals surface area (Å²) in [6.07, 6.45) is 0.739. The standard InChI is InChI=1S/C25H26N2O4S/c1-3-31-24-16-10-9-15-23(24)26(32(29,30)21-12-5-4-6-13-21)18-25(28)27-19(2)17-20-11-7-8-14-22(20)27/h4-16,19H,3,17-18H2,1-2H3/t19-/m1/s1. The highest BCUT2D eigenvalue weighted by Crippen LogP contribution is 2.35. The Morgan fingerprint density at radius 1 is 1.00 bits per heavy atom. The first-order chi connectivity index (χ1) is 15.4. The number of benzene rings is 3. The SMILES string of the molecule is CCOc1ccccc1N(CC(=O)N1c2ccccc2C[C@H]1C)S(=O)(=O)c1ccccc1. The Labute approximate surface area is 189 Å². The van der Waals surface area contributed by atoms with Crippen molar-refractivity contribution in [3.05, 3.63) is 84.4 Å². The lowest BCUT2D eigenvalue weighted by molar-refractivity contribution is -0.117. The van der Waals surface area contributed by atoms with Crippen molar-refractivity contribution in [3.63, 3.8) is 0 Å². The Morgan fingerprint density at radius 2 is 1.66 bits per heavy atom. The first-order valence-electron chi connectivity index (χ1n) is 10.6. The molecule has 0 unspecified atom stereocenters. The number of hydrogen-bond acceptors (Lipinski definition) is 4. The van der Waals surface area contributed by atoms with Crippen molar-refractivity contribution in [3.8, 4) is 5.75 Å². The van der Waals surface area contributed by atoms with Gasteiger partial charge in [-0.15, -0.1) is 0 Å². The van der Waals surface area contributed by atoms with Gasteiger partial charge >= 0.3 is 0 Å². The molecule has 4 rings (SSSR count). The second-order valence-electron chi connectivity index (χ2n) is 7.67. The molecule has 0 N–H and O–H groups in total. The zero-order valence-electron chi connectivity index (χ0n) is 18.1. The molecule has 1 heterocycles. The first-order valence-corrected chi connectivity index (χ1v) is 12.1. The zero-order valence-corrected chi connectivity index (χ0v) is 19.0. The lowest BCUT2D eigenvalue weighted by Gasteiger charge is -2.29. The fraction of sp³-hybridized carbons (Fsp3) is 0.240. The third-order valence-corrected chi connectivity index (χ3v) is 7.29. The van der Waals surface area contributed by atoms with E-state index in [4.69, 9.17) is 4.74 Å². The van der Waals surface area contributed by atoms with Crippen molar-refractivity contribution in [2.24, 2.45) is 0 Å². The quantitative estimate of drug-likeness (QED) is 0.540. The highest BCUT2D eigenvalue weighted by molar-refractivity contribution is 7.92. The zero-order chi connectivity index (χ0) is 22.7. The van der Waals surface area contributed by atoms with Gasteiger partial charge in [0.15, 0.2) is 0 Å². The van der Waals surface area contributed by atoms with Crippen LogP contribution in [0.2, 0.25) is 0 Å². The number of anilines is 2. The van der Waals surface area contributed by atoms with Crippen LogP contribution in [0.25, 0.3) is 0 Å². The minimum atomic E-state index is -4.01. The monoisotopic (exact) mass is 450 g/mol. The van der Waals surface area contributed by atoms with Gasteiger partial charge in [0, 0.05) is 11.7 Å². The minimum absolute atomic E-state index is 0.0525. The van der Waals surface area contributed by atoms with Crippen LogP contribution in [-0.2, 0) is 21.2 Å². The topological polar surface area (TPSA) is 66.9 Å². The largest absolute Gasteiger partial charge is 0.492 e. The normalized spacial score (nSPS) is 15.3. The fourth-order valence-corrected chi connectivity index (χ4v) is 5.55. The number of ether oxygens (including phenoxy) is 1. The van der Waals surface area contributed by atoms with Gasteiger partial charge in [0.05, 0.1) is 17.2 Å². The number of carbonyl (C=O) groups excluding carboxylic acids is 1. The van der Waals surface area contributed by atoms with Gasteiger partial charge in [0.2, 0.25) is 5.91 Å². The van der Waals surface area contributed by atoms with Crippen LogP contribution in [0.5, 0.6) is 5.75 Å². The number of nitrogens with zero attached hydrogens (tertiary/aromatic N) is 2. The van der Waals surface area contributed by atoms with Gasteiger partial charge in [-0.1, -0.05) is 48.5 Å². The van der Waals surface area contributed by atoms with E-state index in [1.807, 2.05) is 38.1 Å². The van der Waals surface area contributed by atoms with E-state index in [9.17, 15) is 13.2 Å². The molecular formula is C25H26N2O4S. The summed E-state index contributed by atoms with van der Waals surface area (Å²) >= 11 is 0. The van der Waals surface area contributed by atoms with Crippen molar-refractivity contribution in [2.45, 2.75) is 31.2 Å². The van der Waals surface area contributed by atoms with Crippen LogP contribution in [-0.4, -0.2) is 33.5 Å². The van der Waals surface area contributed by atoms with Gasteiger partial charge in [0.25, 0.3) is 10.0 Å². The molecule has 0 aliphatic carbocycles. The molecule has 166 valence electrons. The molecule has 1 amide bonds. The van der Waals surface area contributed by atoms with Crippen LogP contribution in [0.1, 0.15) is 19.4 Å². The van der Waals surface area contributed by atoms with E-state index in [-0.39, 0.29) is 23.4 Å². The van der Waals surface area contributed by atoms with E-state index < -0.39 is 10.0 Å². The molecule has 1 atom stereocenters. The lowest BCUT2D eigenvalue weighted by Crippen LogP contribution is -2.45. The van der Waals surface area contributed by atoms with Crippen LogP contribution >= 0.6 is 0 Å². The summed E-state index contributed by atoms with van der Waals surface area (Å²) in [6, 6.07) is 22.7. The maximum absolute atomic E-state index is 13.7. The number of para-hydroxylation sites is 3. The van der Waals surface area contributed by atoms with Crippen LogP contribution in [0.3, 0.4) is 0 Å². The predicted octanol–water partition coefficient (Wildman–Crippen LogP) is 4.26. The Kier molecular flexibility index (Phi) is 6.19. The number of fused-ring (bicyclic) bond motifs is 1. The molecular weight excluding hydrogens is 424 g/mol. The molecule has 32 heavy (non-hydrogen) atoms. The van der Waals surface area contributed by atoms with E-state index in [1.165, 1.54) is 12.1 Å². The summed E-state index contributed by atoms with van der Waals surface area (Å²) in [4.78, 5) is 15.3. The highest BCUT2D eigenvalue weighted by atomic mass is 32.2. The number of amides is 1. The van der Waals surface area contributed by atoms with Gasteiger partial charge in [-0.2, -0.15) is 0 Å². The van der Waals surface area contributed by atoms with E-state index >= 15 is 0 Å². The molecule has 0 aromatic heterocycles. The highest BCUT2D eigenvalue weighted by Gasteiger charge is 2.35. The van der Waals surface area contributed by atoms with E-state index in [0.717, 1.165) is 22.0 Å². The third-order valence-electron chi connectivity index (χ3n) is 5.52.